The number of likely N-dealkylation sites (tertiary alicyclic amines) is 1. The fraction of sp³-hybridized carbons (Fsp3) is 0.480. The first kappa shape index (κ1) is 23.2. The molecule has 0 aromatic carbocycles. The fourth-order valence-electron chi connectivity index (χ4n) is 5.01. The summed E-state index contributed by atoms with van der Waals surface area (Å²) in [6.45, 7) is 3.78. The smallest absolute Gasteiger partial charge is 0.352 e. The van der Waals surface area contributed by atoms with Gasteiger partial charge in [-0.25, -0.2) is 14.8 Å². The predicted molar refractivity (Wildman–Crippen MR) is 132 cm³/mol. The van der Waals surface area contributed by atoms with Crippen molar-refractivity contribution in [3.8, 4) is 0 Å². The molecular formula is C25H31N7O3. The number of piperazine rings is 1. The third kappa shape index (κ3) is 4.97. The van der Waals surface area contributed by atoms with Crippen molar-refractivity contribution in [3.05, 3.63) is 41.3 Å². The maximum atomic E-state index is 12.9. The second-order valence-electron chi connectivity index (χ2n) is 9.42. The van der Waals surface area contributed by atoms with Crippen LogP contribution >= 0.6 is 0 Å². The Hall–Kier alpha value is -3.53. The molecule has 0 spiro atoms. The molecule has 0 radical (unpaired) electrons. The number of H-pyrrole nitrogens is 1. The van der Waals surface area contributed by atoms with E-state index in [-0.39, 0.29) is 17.6 Å². The molecule has 5 heterocycles. The maximum Gasteiger partial charge on any atom is 0.352 e. The average molecular weight is 478 g/mol. The lowest BCUT2D eigenvalue weighted by atomic mass is 10.1. The van der Waals surface area contributed by atoms with Crippen LogP contribution in [0.1, 0.15) is 72.0 Å². The van der Waals surface area contributed by atoms with Gasteiger partial charge in [0, 0.05) is 36.8 Å². The van der Waals surface area contributed by atoms with Gasteiger partial charge in [0.1, 0.15) is 17.2 Å². The SMILES string of the molecule is CCCCCCCc1nc(Nc2ccc(C(=O)N3CC4CC3CN4)cn2)nc2[nH]c(C(=O)O)cc12. The van der Waals surface area contributed by atoms with Gasteiger partial charge in [0.05, 0.1) is 11.3 Å². The van der Waals surface area contributed by atoms with E-state index in [9.17, 15) is 14.7 Å². The fourth-order valence-corrected chi connectivity index (χ4v) is 5.01. The third-order valence-corrected chi connectivity index (χ3v) is 6.88. The number of carbonyl (C=O) groups excluding carboxylic acids is 1. The van der Waals surface area contributed by atoms with E-state index in [0.29, 0.717) is 29.0 Å². The Kier molecular flexibility index (Phi) is 6.63. The third-order valence-electron chi connectivity index (χ3n) is 6.88. The predicted octanol–water partition coefficient (Wildman–Crippen LogP) is 3.49. The summed E-state index contributed by atoms with van der Waals surface area (Å²) >= 11 is 0. The Labute approximate surface area is 203 Å². The number of nitrogens with one attached hydrogen (secondary N) is 3. The highest BCUT2D eigenvalue weighted by Crippen LogP contribution is 2.26. The number of pyridine rings is 1. The van der Waals surface area contributed by atoms with Gasteiger partial charge in [-0.05, 0) is 37.5 Å². The number of unbranched alkanes of at least 4 members (excludes halogenated alkanes) is 4. The van der Waals surface area contributed by atoms with E-state index in [4.69, 9.17) is 0 Å². The molecule has 10 nitrogen and oxygen atoms in total. The largest absolute Gasteiger partial charge is 0.477 e. The molecular weight excluding hydrogens is 446 g/mol. The Morgan fingerprint density at radius 3 is 2.74 bits per heavy atom. The molecule has 2 unspecified atom stereocenters. The van der Waals surface area contributed by atoms with Gasteiger partial charge in [-0.1, -0.05) is 32.6 Å². The van der Waals surface area contributed by atoms with Crippen LogP contribution in [0.15, 0.2) is 24.4 Å². The number of aromatic amines is 1. The maximum absolute atomic E-state index is 12.9. The van der Waals surface area contributed by atoms with E-state index in [1.165, 1.54) is 19.3 Å². The molecule has 2 aliphatic rings. The number of carboxylic acids is 1. The molecule has 0 saturated carbocycles. The van der Waals surface area contributed by atoms with Crippen molar-refractivity contribution in [2.24, 2.45) is 0 Å². The number of hydrogen-bond acceptors (Lipinski definition) is 7. The number of amides is 1. The molecule has 2 aliphatic heterocycles. The minimum absolute atomic E-state index is 0.00802. The highest BCUT2D eigenvalue weighted by Gasteiger charge is 2.40. The zero-order valence-corrected chi connectivity index (χ0v) is 19.9. The molecule has 3 aromatic heterocycles. The van der Waals surface area contributed by atoms with Crippen molar-refractivity contribution in [2.45, 2.75) is 64.0 Å². The molecule has 35 heavy (non-hydrogen) atoms. The molecule has 0 aliphatic carbocycles. The van der Waals surface area contributed by atoms with Crippen molar-refractivity contribution >= 4 is 34.7 Å². The standard InChI is InChI=1S/C25H31N7O3/c1-2-3-4-5-6-7-19-18-11-20(24(34)35)28-22(18)31-25(29-19)30-21-9-8-15(12-27-21)23(33)32-14-16-10-17(32)13-26-16/h8-9,11-12,16-17,26H,2-7,10,13-14H2,1H3,(H,34,35)(H2,27,28,29,30,31). The Morgan fingerprint density at radius 1 is 1.20 bits per heavy atom. The first-order valence-corrected chi connectivity index (χ1v) is 12.4. The number of hydrogen-bond donors (Lipinski definition) is 4. The molecule has 184 valence electrons. The molecule has 2 bridgehead atoms. The zero-order valence-electron chi connectivity index (χ0n) is 19.9. The minimum Gasteiger partial charge on any atom is -0.477 e. The van der Waals surface area contributed by atoms with Crippen molar-refractivity contribution in [1.29, 1.82) is 0 Å². The lowest BCUT2D eigenvalue weighted by Gasteiger charge is -2.27. The molecule has 10 heteroatoms. The normalized spacial score (nSPS) is 18.9. The summed E-state index contributed by atoms with van der Waals surface area (Å²) in [4.78, 5) is 42.7. The van der Waals surface area contributed by atoms with E-state index in [2.05, 4.69) is 37.5 Å². The molecule has 1 amide bonds. The van der Waals surface area contributed by atoms with Crippen molar-refractivity contribution in [3.63, 3.8) is 0 Å². The number of carbonyl (C=O) groups is 2. The van der Waals surface area contributed by atoms with Gasteiger partial charge in [0.25, 0.3) is 5.91 Å². The van der Waals surface area contributed by atoms with Gasteiger partial charge in [-0.15, -0.1) is 0 Å². The quantitative estimate of drug-likeness (QED) is 0.326. The number of anilines is 2. The van der Waals surface area contributed by atoms with Crippen LogP contribution in [0, 0.1) is 0 Å². The lowest BCUT2D eigenvalue weighted by molar-refractivity contribution is 0.0688. The number of nitrogens with zero attached hydrogens (tertiary/aromatic N) is 4. The second kappa shape index (κ2) is 9.99. The first-order chi connectivity index (χ1) is 17.0. The van der Waals surface area contributed by atoms with Gasteiger partial charge in [-0.2, -0.15) is 4.98 Å². The van der Waals surface area contributed by atoms with E-state index in [1.807, 2.05) is 4.90 Å². The summed E-state index contributed by atoms with van der Waals surface area (Å²) in [6.07, 6.45) is 8.97. The summed E-state index contributed by atoms with van der Waals surface area (Å²) in [6, 6.07) is 5.78. The van der Waals surface area contributed by atoms with Crippen LogP contribution in [-0.2, 0) is 6.42 Å². The molecule has 5 rings (SSSR count). The van der Waals surface area contributed by atoms with Gasteiger partial charge < -0.3 is 25.6 Å². The monoisotopic (exact) mass is 477 g/mol. The number of rotatable bonds is 10. The average Bonchev–Trinajstić information content (AvgIpc) is 3.60. The minimum atomic E-state index is -1.03. The van der Waals surface area contributed by atoms with E-state index in [0.717, 1.165) is 49.9 Å². The van der Waals surface area contributed by atoms with Crippen molar-refractivity contribution in [1.82, 2.24) is 30.2 Å². The van der Waals surface area contributed by atoms with Crippen LogP contribution in [0.4, 0.5) is 11.8 Å². The second-order valence-corrected chi connectivity index (χ2v) is 9.42. The van der Waals surface area contributed by atoms with Crippen LogP contribution in [0.5, 0.6) is 0 Å². The number of fused-ring (bicyclic) bond motifs is 3. The van der Waals surface area contributed by atoms with Crippen LogP contribution in [0.2, 0.25) is 0 Å². The van der Waals surface area contributed by atoms with Crippen molar-refractivity contribution < 1.29 is 14.7 Å². The van der Waals surface area contributed by atoms with Gasteiger partial charge in [0.15, 0.2) is 0 Å². The first-order valence-electron chi connectivity index (χ1n) is 12.4. The highest BCUT2D eigenvalue weighted by molar-refractivity contribution is 5.95. The van der Waals surface area contributed by atoms with Gasteiger partial charge >= 0.3 is 5.97 Å². The van der Waals surface area contributed by atoms with E-state index in [1.54, 1.807) is 24.4 Å². The number of carboxylic acid groups (broad SMARTS) is 1. The lowest BCUT2D eigenvalue weighted by Crippen LogP contribution is -2.46. The summed E-state index contributed by atoms with van der Waals surface area (Å²) in [5, 5.41) is 16.6. The molecule has 4 N–H and O–H groups in total. The van der Waals surface area contributed by atoms with E-state index < -0.39 is 5.97 Å². The number of aromatic nitrogens is 4. The van der Waals surface area contributed by atoms with Crippen LogP contribution in [0.25, 0.3) is 11.0 Å². The van der Waals surface area contributed by atoms with Crippen LogP contribution in [-0.4, -0.2) is 67.0 Å². The number of aromatic carboxylic acids is 1. The Balaban J connectivity index is 1.32. The number of aryl methyl sites for hydroxylation is 1. The topological polar surface area (TPSA) is 136 Å². The molecule has 2 fully saturated rings. The van der Waals surface area contributed by atoms with Gasteiger partial charge in [-0.3, -0.25) is 4.79 Å². The summed E-state index contributed by atoms with van der Waals surface area (Å²) in [7, 11) is 0. The summed E-state index contributed by atoms with van der Waals surface area (Å²) < 4.78 is 0. The highest BCUT2D eigenvalue weighted by atomic mass is 16.4. The van der Waals surface area contributed by atoms with Crippen molar-refractivity contribution in [2.75, 3.05) is 18.4 Å². The van der Waals surface area contributed by atoms with Gasteiger partial charge in [0.2, 0.25) is 5.95 Å². The van der Waals surface area contributed by atoms with E-state index >= 15 is 0 Å². The molecule has 2 atom stereocenters. The summed E-state index contributed by atoms with van der Waals surface area (Å²) in [5.41, 5.74) is 1.93. The Morgan fingerprint density at radius 2 is 2.06 bits per heavy atom. The van der Waals surface area contributed by atoms with Crippen LogP contribution in [0.3, 0.4) is 0 Å². The molecule has 2 saturated heterocycles. The Bertz CT molecular complexity index is 1220. The zero-order chi connectivity index (χ0) is 24.4. The summed E-state index contributed by atoms with van der Waals surface area (Å²) in [5.74, 6) is -0.164. The van der Waals surface area contributed by atoms with Crippen LogP contribution < -0.4 is 10.6 Å². The molecule has 3 aromatic rings.